The number of hydrogen-bond acceptors (Lipinski definition) is 4. The summed E-state index contributed by atoms with van der Waals surface area (Å²) in [7, 11) is 0. The standard InChI is InChI=1S/C15H31N3O2/c1-2-20-14-13-17-9-11-18(12-10-17)15(19)7-5-3-4-6-8-16/h2-14,16H2,1H3. The number of nitrogens with two attached hydrogens (primary N) is 1. The van der Waals surface area contributed by atoms with Gasteiger partial charge in [0.1, 0.15) is 0 Å². The minimum Gasteiger partial charge on any atom is -0.380 e. The van der Waals surface area contributed by atoms with Crippen molar-refractivity contribution in [2.75, 3.05) is 52.5 Å². The Balaban J connectivity index is 2.06. The molecule has 0 aromatic rings. The molecule has 0 bridgehead atoms. The summed E-state index contributed by atoms with van der Waals surface area (Å²) in [5.41, 5.74) is 5.46. The second-order valence-electron chi connectivity index (χ2n) is 5.37. The van der Waals surface area contributed by atoms with E-state index in [-0.39, 0.29) is 0 Å². The quantitative estimate of drug-likeness (QED) is 0.610. The molecule has 0 aromatic heterocycles. The van der Waals surface area contributed by atoms with Crippen molar-refractivity contribution in [2.45, 2.75) is 39.0 Å². The Hall–Kier alpha value is -0.650. The monoisotopic (exact) mass is 285 g/mol. The zero-order chi connectivity index (χ0) is 14.6. The van der Waals surface area contributed by atoms with Crippen LogP contribution in [-0.4, -0.2) is 68.2 Å². The molecule has 1 heterocycles. The lowest BCUT2D eigenvalue weighted by Gasteiger charge is -2.34. The van der Waals surface area contributed by atoms with E-state index in [1.54, 1.807) is 0 Å². The van der Waals surface area contributed by atoms with Crippen LogP contribution in [0.4, 0.5) is 0 Å². The molecule has 0 spiro atoms. The average molecular weight is 285 g/mol. The minimum absolute atomic E-state index is 0.321. The predicted molar refractivity (Wildman–Crippen MR) is 81.7 cm³/mol. The molecule has 0 atom stereocenters. The van der Waals surface area contributed by atoms with Crippen molar-refractivity contribution in [1.82, 2.24) is 9.80 Å². The molecule has 5 nitrogen and oxygen atoms in total. The van der Waals surface area contributed by atoms with Gasteiger partial charge in [-0.25, -0.2) is 0 Å². The van der Waals surface area contributed by atoms with Crippen molar-refractivity contribution in [2.24, 2.45) is 5.73 Å². The Morgan fingerprint density at radius 3 is 2.45 bits per heavy atom. The lowest BCUT2D eigenvalue weighted by atomic mass is 10.1. The van der Waals surface area contributed by atoms with Gasteiger partial charge in [-0.2, -0.15) is 0 Å². The first kappa shape index (κ1) is 17.4. The van der Waals surface area contributed by atoms with Gasteiger partial charge in [-0.15, -0.1) is 0 Å². The third-order valence-corrected chi connectivity index (χ3v) is 3.83. The summed E-state index contributed by atoms with van der Waals surface area (Å²) >= 11 is 0. The Kier molecular flexibility index (Phi) is 9.62. The third-order valence-electron chi connectivity index (χ3n) is 3.83. The molecule has 5 heteroatoms. The highest BCUT2D eigenvalue weighted by molar-refractivity contribution is 5.76. The van der Waals surface area contributed by atoms with E-state index in [1.165, 1.54) is 0 Å². The molecule has 118 valence electrons. The number of hydrogen-bond donors (Lipinski definition) is 1. The molecular weight excluding hydrogens is 254 g/mol. The van der Waals surface area contributed by atoms with E-state index in [4.69, 9.17) is 10.5 Å². The van der Waals surface area contributed by atoms with E-state index in [0.29, 0.717) is 12.3 Å². The summed E-state index contributed by atoms with van der Waals surface area (Å²) in [5.74, 6) is 0.321. The normalized spacial score (nSPS) is 16.6. The van der Waals surface area contributed by atoms with Crippen molar-refractivity contribution in [3.8, 4) is 0 Å². The van der Waals surface area contributed by atoms with E-state index in [1.807, 2.05) is 11.8 Å². The maximum Gasteiger partial charge on any atom is 0.222 e. The van der Waals surface area contributed by atoms with Crippen molar-refractivity contribution in [3.05, 3.63) is 0 Å². The number of piperazine rings is 1. The Morgan fingerprint density at radius 2 is 1.80 bits per heavy atom. The zero-order valence-electron chi connectivity index (χ0n) is 13.0. The lowest BCUT2D eigenvalue weighted by molar-refractivity contribution is -0.133. The van der Waals surface area contributed by atoms with E-state index < -0.39 is 0 Å². The largest absolute Gasteiger partial charge is 0.380 e. The summed E-state index contributed by atoms with van der Waals surface area (Å²) in [4.78, 5) is 16.4. The fourth-order valence-corrected chi connectivity index (χ4v) is 2.49. The second kappa shape index (κ2) is 11.1. The highest BCUT2D eigenvalue weighted by Crippen LogP contribution is 2.08. The number of ether oxygens (including phenoxy) is 1. The first-order valence-corrected chi connectivity index (χ1v) is 8.06. The second-order valence-corrected chi connectivity index (χ2v) is 5.37. The first-order valence-electron chi connectivity index (χ1n) is 8.06. The van der Waals surface area contributed by atoms with E-state index in [0.717, 1.165) is 78.2 Å². The highest BCUT2D eigenvalue weighted by Gasteiger charge is 2.20. The fraction of sp³-hybridized carbons (Fsp3) is 0.933. The van der Waals surface area contributed by atoms with Crippen LogP contribution in [-0.2, 0) is 9.53 Å². The van der Waals surface area contributed by atoms with Crippen LogP contribution in [0.1, 0.15) is 39.0 Å². The van der Waals surface area contributed by atoms with Crippen molar-refractivity contribution in [1.29, 1.82) is 0 Å². The minimum atomic E-state index is 0.321. The molecule has 1 fully saturated rings. The van der Waals surface area contributed by atoms with Gasteiger partial charge in [-0.1, -0.05) is 12.8 Å². The number of rotatable bonds is 10. The summed E-state index contributed by atoms with van der Waals surface area (Å²) in [5, 5.41) is 0. The number of nitrogens with zero attached hydrogens (tertiary/aromatic N) is 2. The van der Waals surface area contributed by atoms with Crippen LogP contribution in [0.2, 0.25) is 0 Å². The average Bonchev–Trinajstić information content (AvgIpc) is 2.48. The van der Waals surface area contributed by atoms with Gasteiger partial charge >= 0.3 is 0 Å². The maximum absolute atomic E-state index is 12.1. The smallest absolute Gasteiger partial charge is 0.222 e. The van der Waals surface area contributed by atoms with Gasteiger partial charge in [-0.3, -0.25) is 9.69 Å². The van der Waals surface area contributed by atoms with Gasteiger partial charge in [0.15, 0.2) is 0 Å². The molecule has 1 aliphatic heterocycles. The van der Waals surface area contributed by atoms with Crippen molar-refractivity contribution < 1.29 is 9.53 Å². The van der Waals surface area contributed by atoms with Gasteiger partial charge in [-0.05, 0) is 26.3 Å². The fourth-order valence-electron chi connectivity index (χ4n) is 2.49. The van der Waals surface area contributed by atoms with Crippen LogP contribution >= 0.6 is 0 Å². The number of carbonyl (C=O) groups is 1. The lowest BCUT2D eigenvalue weighted by Crippen LogP contribution is -2.49. The molecule has 0 radical (unpaired) electrons. The molecule has 1 amide bonds. The van der Waals surface area contributed by atoms with Crippen LogP contribution in [0.3, 0.4) is 0 Å². The number of carbonyl (C=O) groups excluding carboxylic acids is 1. The van der Waals surface area contributed by atoms with Crippen LogP contribution < -0.4 is 5.73 Å². The third kappa shape index (κ3) is 7.22. The first-order chi connectivity index (χ1) is 9.77. The van der Waals surface area contributed by atoms with E-state index in [9.17, 15) is 4.79 Å². The maximum atomic E-state index is 12.1. The molecule has 0 unspecified atom stereocenters. The number of unbranched alkanes of at least 4 members (excludes halogenated alkanes) is 3. The molecule has 1 rings (SSSR count). The molecule has 0 saturated carbocycles. The Labute approximate surface area is 123 Å². The van der Waals surface area contributed by atoms with Gasteiger partial charge < -0.3 is 15.4 Å². The van der Waals surface area contributed by atoms with Crippen LogP contribution in [0, 0.1) is 0 Å². The van der Waals surface area contributed by atoms with Gasteiger partial charge in [0.25, 0.3) is 0 Å². The Bertz CT molecular complexity index is 254. The molecule has 1 aliphatic rings. The Morgan fingerprint density at radius 1 is 1.10 bits per heavy atom. The topological polar surface area (TPSA) is 58.8 Å². The van der Waals surface area contributed by atoms with Gasteiger partial charge in [0, 0.05) is 45.8 Å². The molecule has 20 heavy (non-hydrogen) atoms. The summed E-state index contributed by atoms with van der Waals surface area (Å²) in [6, 6.07) is 0. The molecular formula is C15H31N3O2. The van der Waals surface area contributed by atoms with E-state index in [2.05, 4.69) is 4.90 Å². The van der Waals surface area contributed by atoms with Crippen LogP contribution in [0.15, 0.2) is 0 Å². The summed E-state index contributed by atoms with van der Waals surface area (Å²) in [6.45, 7) is 9.03. The SMILES string of the molecule is CCOCCN1CCN(C(=O)CCCCCCN)CC1. The summed E-state index contributed by atoms with van der Waals surface area (Å²) < 4.78 is 5.36. The number of amides is 1. The highest BCUT2D eigenvalue weighted by atomic mass is 16.5. The molecule has 2 N–H and O–H groups in total. The van der Waals surface area contributed by atoms with Crippen LogP contribution in [0.25, 0.3) is 0 Å². The molecule has 1 saturated heterocycles. The van der Waals surface area contributed by atoms with Gasteiger partial charge in [0.05, 0.1) is 6.61 Å². The summed E-state index contributed by atoms with van der Waals surface area (Å²) in [6.07, 6.45) is 5.05. The van der Waals surface area contributed by atoms with Gasteiger partial charge in [0.2, 0.25) is 5.91 Å². The van der Waals surface area contributed by atoms with E-state index >= 15 is 0 Å². The van der Waals surface area contributed by atoms with Crippen molar-refractivity contribution in [3.63, 3.8) is 0 Å². The molecule has 0 aliphatic carbocycles. The predicted octanol–water partition coefficient (Wildman–Crippen LogP) is 1.08. The zero-order valence-corrected chi connectivity index (χ0v) is 13.0. The molecule has 0 aromatic carbocycles. The van der Waals surface area contributed by atoms with Crippen LogP contribution in [0.5, 0.6) is 0 Å². The van der Waals surface area contributed by atoms with Crippen molar-refractivity contribution >= 4 is 5.91 Å².